The molecule has 0 aromatic heterocycles. The quantitative estimate of drug-likeness (QED) is 0.914. The molecule has 0 spiro atoms. The summed E-state index contributed by atoms with van der Waals surface area (Å²) in [7, 11) is -3.60. The second-order valence-electron chi connectivity index (χ2n) is 3.29. The number of rotatable bonds is 3. The van der Waals surface area contributed by atoms with Crippen LogP contribution in [0.3, 0.4) is 0 Å². The zero-order valence-corrected chi connectivity index (χ0v) is 11.0. The number of hydrogen-bond acceptors (Lipinski definition) is 5. The third-order valence-electron chi connectivity index (χ3n) is 2.16. The fourth-order valence-corrected chi connectivity index (χ4v) is 2.50. The number of nitrogens with zero attached hydrogens (tertiary/aromatic N) is 1. The highest BCUT2D eigenvalue weighted by atomic mass is 79.9. The number of hydrogen-bond donors (Lipinski definition) is 1. The summed E-state index contributed by atoms with van der Waals surface area (Å²) in [6, 6.07) is 7.17. The zero-order chi connectivity index (χ0) is 12.5. The Kier molecular flexibility index (Phi) is 3.21. The Balaban J connectivity index is 2.10. The first-order chi connectivity index (χ1) is 8.01. The van der Waals surface area contributed by atoms with Crippen molar-refractivity contribution >= 4 is 30.9 Å². The van der Waals surface area contributed by atoms with Crippen molar-refractivity contribution in [2.45, 2.75) is 0 Å². The van der Waals surface area contributed by atoms with Gasteiger partial charge in [-0.25, -0.2) is 13.4 Å². The lowest BCUT2D eigenvalue weighted by atomic mass is 10.3. The molecule has 0 radical (unpaired) electrons. The third kappa shape index (κ3) is 2.34. The molecule has 2 N–H and O–H groups in total. The number of amidine groups is 1. The maximum Gasteiger partial charge on any atom is 0.240 e. The number of para-hydroxylation sites is 1. The van der Waals surface area contributed by atoms with Gasteiger partial charge < -0.3 is 10.5 Å². The average Bonchev–Trinajstić information content (AvgIpc) is 2.54. The lowest BCUT2D eigenvalue weighted by Crippen LogP contribution is -2.23. The molecule has 1 aromatic rings. The number of halogens is 1. The number of benzene rings is 1. The van der Waals surface area contributed by atoms with Gasteiger partial charge in [-0.1, -0.05) is 12.1 Å². The first kappa shape index (κ1) is 12.1. The minimum atomic E-state index is -3.60. The van der Waals surface area contributed by atoms with Gasteiger partial charge in [-0.05, 0) is 28.1 Å². The van der Waals surface area contributed by atoms with Crippen LogP contribution in [0.25, 0.3) is 0 Å². The summed E-state index contributed by atoms with van der Waals surface area (Å²) in [5.41, 5.74) is 5.25. The first-order valence-corrected chi connectivity index (χ1v) is 6.94. The summed E-state index contributed by atoms with van der Waals surface area (Å²) < 4.78 is 29.3. The molecular weight excluding hydrogens is 308 g/mol. The van der Waals surface area contributed by atoms with Crippen molar-refractivity contribution in [3.05, 3.63) is 39.8 Å². The van der Waals surface area contributed by atoms with Crippen molar-refractivity contribution in [3.8, 4) is 5.75 Å². The second kappa shape index (κ2) is 4.50. The van der Waals surface area contributed by atoms with Gasteiger partial charge in [0, 0.05) is 6.20 Å². The van der Waals surface area contributed by atoms with Gasteiger partial charge in [0.25, 0.3) is 0 Å². The highest BCUT2D eigenvalue weighted by Gasteiger charge is 2.27. The topological polar surface area (TPSA) is 81.8 Å². The molecule has 0 fully saturated rings. The summed E-state index contributed by atoms with van der Waals surface area (Å²) >= 11 is 3.30. The van der Waals surface area contributed by atoms with Crippen LogP contribution in [0.1, 0.15) is 0 Å². The number of ether oxygens (including phenoxy) is 1. The van der Waals surface area contributed by atoms with Crippen LogP contribution in [0, 0.1) is 0 Å². The van der Waals surface area contributed by atoms with E-state index in [0.717, 1.165) is 4.47 Å². The molecule has 1 aromatic carbocycles. The number of nitrogens with two attached hydrogens (primary N) is 1. The summed E-state index contributed by atoms with van der Waals surface area (Å²) in [4.78, 5) is 3.62. The zero-order valence-electron chi connectivity index (χ0n) is 8.63. The summed E-state index contributed by atoms with van der Waals surface area (Å²) in [5.74, 6) is 0.564. The van der Waals surface area contributed by atoms with Crippen LogP contribution in [0.15, 0.2) is 44.8 Å². The summed E-state index contributed by atoms with van der Waals surface area (Å²) in [6.07, 6.45) is 1.21. The van der Waals surface area contributed by atoms with Crippen LogP contribution in [-0.2, 0) is 9.84 Å². The van der Waals surface area contributed by atoms with E-state index in [9.17, 15) is 8.42 Å². The monoisotopic (exact) mass is 316 g/mol. The van der Waals surface area contributed by atoms with Crippen molar-refractivity contribution in [1.82, 2.24) is 0 Å². The highest BCUT2D eigenvalue weighted by molar-refractivity contribution is 9.10. The predicted molar refractivity (Wildman–Crippen MR) is 68.3 cm³/mol. The molecule has 0 amide bonds. The van der Waals surface area contributed by atoms with Gasteiger partial charge in [-0.2, -0.15) is 0 Å². The number of aliphatic imine (C=N–C) groups is 1. The van der Waals surface area contributed by atoms with Gasteiger partial charge in [-0.15, -0.1) is 0 Å². The van der Waals surface area contributed by atoms with E-state index in [2.05, 4.69) is 20.9 Å². The minimum Gasteiger partial charge on any atom is -0.487 e. The fourth-order valence-electron chi connectivity index (χ4n) is 1.23. The molecule has 1 aliphatic heterocycles. The van der Waals surface area contributed by atoms with Gasteiger partial charge in [-0.3, -0.25) is 0 Å². The second-order valence-corrected chi connectivity index (χ2v) is 6.09. The SMILES string of the molecule is NC1=NC=C(COc2ccccc2Br)S1(=O)=O. The molecule has 1 aliphatic rings. The molecule has 90 valence electrons. The van der Waals surface area contributed by atoms with E-state index in [1.165, 1.54) is 6.20 Å². The normalized spacial score (nSPS) is 17.5. The Labute approximate surface area is 107 Å². The van der Waals surface area contributed by atoms with Crippen LogP contribution in [0.5, 0.6) is 5.75 Å². The maximum absolute atomic E-state index is 11.6. The van der Waals surface area contributed by atoms with Crippen molar-refractivity contribution in [2.75, 3.05) is 6.61 Å². The Morgan fingerprint density at radius 2 is 2.06 bits per heavy atom. The van der Waals surface area contributed by atoms with Gasteiger partial charge in [0.2, 0.25) is 15.0 Å². The molecule has 17 heavy (non-hydrogen) atoms. The van der Waals surface area contributed by atoms with Gasteiger partial charge in [0.05, 0.1) is 4.47 Å². The molecule has 0 atom stereocenters. The molecule has 0 aliphatic carbocycles. The van der Waals surface area contributed by atoms with Crippen LogP contribution in [0.2, 0.25) is 0 Å². The van der Waals surface area contributed by atoms with E-state index in [1.807, 2.05) is 6.07 Å². The van der Waals surface area contributed by atoms with Crippen LogP contribution < -0.4 is 10.5 Å². The van der Waals surface area contributed by atoms with Crippen LogP contribution in [-0.4, -0.2) is 20.2 Å². The maximum atomic E-state index is 11.6. The van der Waals surface area contributed by atoms with Crippen LogP contribution in [0.4, 0.5) is 0 Å². The third-order valence-corrected chi connectivity index (χ3v) is 4.39. The Morgan fingerprint density at radius 1 is 1.35 bits per heavy atom. The first-order valence-electron chi connectivity index (χ1n) is 4.66. The number of sulfone groups is 1. The van der Waals surface area contributed by atoms with Gasteiger partial charge in [0.1, 0.15) is 17.3 Å². The van der Waals surface area contributed by atoms with E-state index in [1.54, 1.807) is 18.2 Å². The van der Waals surface area contributed by atoms with E-state index in [-0.39, 0.29) is 16.7 Å². The fraction of sp³-hybridized carbons (Fsp3) is 0.100. The standard InChI is InChI=1S/C10H9BrN2O3S/c11-8-3-1-2-4-9(8)16-6-7-5-13-10(12)17(7,14)15/h1-5H,6H2,(H2,12,13). The van der Waals surface area contributed by atoms with Crippen molar-refractivity contribution in [3.63, 3.8) is 0 Å². The van der Waals surface area contributed by atoms with E-state index < -0.39 is 9.84 Å². The van der Waals surface area contributed by atoms with Crippen molar-refractivity contribution in [1.29, 1.82) is 0 Å². The summed E-state index contributed by atoms with van der Waals surface area (Å²) in [6.45, 7) is -0.0881. The largest absolute Gasteiger partial charge is 0.487 e. The van der Waals surface area contributed by atoms with Crippen molar-refractivity contribution in [2.24, 2.45) is 10.7 Å². The Bertz CT molecular complexity index is 608. The summed E-state index contributed by atoms with van der Waals surface area (Å²) in [5, 5.41) is -0.386. The molecule has 0 saturated heterocycles. The average molecular weight is 317 g/mol. The highest BCUT2D eigenvalue weighted by Crippen LogP contribution is 2.25. The predicted octanol–water partition coefficient (Wildman–Crippen LogP) is 1.41. The molecule has 0 saturated carbocycles. The Hall–Kier alpha value is -1.34. The Morgan fingerprint density at radius 3 is 2.65 bits per heavy atom. The van der Waals surface area contributed by atoms with Gasteiger partial charge >= 0.3 is 0 Å². The van der Waals surface area contributed by atoms with E-state index >= 15 is 0 Å². The minimum absolute atomic E-state index is 0.0609. The lowest BCUT2D eigenvalue weighted by Gasteiger charge is -2.08. The van der Waals surface area contributed by atoms with E-state index in [4.69, 9.17) is 10.5 Å². The molecule has 1 heterocycles. The molecule has 2 rings (SSSR count). The molecular formula is C10H9BrN2O3S. The van der Waals surface area contributed by atoms with E-state index in [0.29, 0.717) is 5.75 Å². The molecule has 0 unspecified atom stereocenters. The van der Waals surface area contributed by atoms with Crippen LogP contribution >= 0.6 is 15.9 Å². The van der Waals surface area contributed by atoms with Crippen molar-refractivity contribution < 1.29 is 13.2 Å². The lowest BCUT2D eigenvalue weighted by molar-refractivity contribution is 0.356. The molecule has 0 bridgehead atoms. The molecule has 5 nitrogen and oxygen atoms in total. The van der Waals surface area contributed by atoms with Gasteiger partial charge in [0.15, 0.2) is 0 Å². The molecule has 7 heteroatoms. The smallest absolute Gasteiger partial charge is 0.240 e.